The van der Waals surface area contributed by atoms with Gasteiger partial charge in [0.15, 0.2) is 0 Å². The molecule has 0 heterocycles. The van der Waals surface area contributed by atoms with Gasteiger partial charge in [0, 0.05) is 5.56 Å². The molecule has 1 amide bonds. The number of rotatable bonds is 3. The number of nitrogens with one attached hydrogen (secondary N) is 1. The molecule has 2 rings (SSSR count). The van der Waals surface area contributed by atoms with Crippen molar-refractivity contribution in [1.29, 1.82) is 0 Å². The number of sulfonamides is 1. The van der Waals surface area contributed by atoms with Gasteiger partial charge < -0.3 is 0 Å². The van der Waals surface area contributed by atoms with Crippen LogP contribution in [0, 0.1) is 13.8 Å². The largest absolute Gasteiger partial charge is 0.268 e. The quantitative estimate of drug-likeness (QED) is 0.944. The van der Waals surface area contributed by atoms with Gasteiger partial charge in [-0.3, -0.25) is 4.79 Å². The highest BCUT2D eigenvalue weighted by molar-refractivity contribution is 7.90. The van der Waals surface area contributed by atoms with E-state index in [0.717, 1.165) is 5.56 Å². The first-order chi connectivity index (χ1) is 9.40. The van der Waals surface area contributed by atoms with Gasteiger partial charge in [0.2, 0.25) is 0 Å². The van der Waals surface area contributed by atoms with E-state index < -0.39 is 15.9 Å². The van der Waals surface area contributed by atoms with Crippen LogP contribution in [-0.4, -0.2) is 14.3 Å². The topological polar surface area (TPSA) is 63.2 Å². The van der Waals surface area contributed by atoms with Crippen LogP contribution in [0.1, 0.15) is 21.5 Å². The summed E-state index contributed by atoms with van der Waals surface area (Å²) in [5.41, 5.74) is 1.88. The van der Waals surface area contributed by atoms with Crippen LogP contribution in [-0.2, 0) is 10.0 Å². The van der Waals surface area contributed by atoms with Gasteiger partial charge in [0.05, 0.1) is 4.90 Å². The summed E-state index contributed by atoms with van der Waals surface area (Å²) in [6.45, 7) is 3.58. The van der Waals surface area contributed by atoms with Gasteiger partial charge in [-0.2, -0.15) is 0 Å². The Morgan fingerprint density at radius 1 is 1.00 bits per heavy atom. The normalized spacial score (nSPS) is 11.1. The van der Waals surface area contributed by atoms with Gasteiger partial charge in [-0.05, 0) is 37.6 Å². The van der Waals surface area contributed by atoms with Gasteiger partial charge in [0.1, 0.15) is 0 Å². The highest BCUT2D eigenvalue weighted by atomic mass is 32.2. The molecule has 1 N–H and O–H groups in total. The van der Waals surface area contributed by atoms with Crippen LogP contribution >= 0.6 is 0 Å². The fourth-order valence-corrected chi connectivity index (χ4v) is 3.13. The number of hydrogen-bond donors (Lipinski definition) is 1. The predicted molar refractivity (Wildman–Crippen MR) is 77.0 cm³/mol. The minimum absolute atomic E-state index is 0.118. The Kier molecular flexibility index (Phi) is 3.90. The van der Waals surface area contributed by atoms with Crippen LogP contribution in [0.2, 0.25) is 0 Å². The fraction of sp³-hybridized carbons (Fsp3) is 0.133. The number of benzene rings is 2. The first-order valence-electron chi connectivity index (χ1n) is 6.09. The summed E-state index contributed by atoms with van der Waals surface area (Å²) >= 11 is 0. The molecule has 4 nitrogen and oxygen atoms in total. The smallest absolute Gasteiger partial charge is 0.264 e. The standard InChI is InChI=1S/C15H15NO3S/c1-11-8-9-14(12(2)10-11)20(18,19)16-15(17)13-6-4-3-5-7-13/h3-10H,1-2H3,(H,16,17). The maximum Gasteiger partial charge on any atom is 0.264 e. The molecule has 2 aromatic rings. The van der Waals surface area contributed by atoms with E-state index in [1.165, 1.54) is 6.07 Å². The third-order valence-electron chi connectivity index (χ3n) is 2.88. The van der Waals surface area contributed by atoms with Crippen molar-refractivity contribution in [2.24, 2.45) is 0 Å². The number of aryl methyl sites for hydroxylation is 2. The van der Waals surface area contributed by atoms with Crippen molar-refractivity contribution >= 4 is 15.9 Å². The molecule has 2 aromatic carbocycles. The Bertz CT molecular complexity index is 737. The minimum Gasteiger partial charge on any atom is -0.268 e. The lowest BCUT2D eigenvalue weighted by atomic mass is 10.2. The average molecular weight is 289 g/mol. The molecule has 20 heavy (non-hydrogen) atoms. The average Bonchev–Trinajstić information content (AvgIpc) is 2.38. The van der Waals surface area contributed by atoms with Crippen LogP contribution in [0.15, 0.2) is 53.4 Å². The van der Waals surface area contributed by atoms with Crippen LogP contribution in [0.4, 0.5) is 0 Å². The Balaban J connectivity index is 2.30. The molecular weight excluding hydrogens is 274 g/mol. The molecule has 0 atom stereocenters. The zero-order valence-electron chi connectivity index (χ0n) is 11.3. The van der Waals surface area contributed by atoms with Crippen molar-refractivity contribution < 1.29 is 13.2 Å². The molecule has 0 aliphatic rings. The lowest BCUT2D eigenvalue weighted by molar-refractivity contribution is 0.0981. The van der Waals surface area contributed by atoms with Gasteiger partial charge >= 0.3 is 0 Å². The molecule has 0 aliphatic heterocycles. The molecule has 0 aliphatic carbocycles. The van der Waals surface area contributed by atoms with Crippen molar-refractivity contribution in [2.45, 2.75) is 18.7 Å². The second-order valence-corrected chi connectivity index (χ2v) is 6.22. The van der Waals surface area contributed by atoms with Crippen molar-refractivity contribution in [3.8, 4) is 0 Å². The molecule has 0 fully saturated rings. The Hall–Kier alpha value is -2.14. The highest BCUT2D eigenvalue weighted by Crippen LogP contribution is 2.16. The second kappa shape index (κ2) is 5.46. The van der Waals surface area contributed by atoms with E-state index in [-0.39, 0.29) is 4.90 Å². The molecule has 0 saturated heterocycles. The number of carbonyl (C=O) groups is 1. The van der Waals surface area contributed by atoms with Crippen molar-refractivity contribution in [3.05, 3.63) is 65.2 Å². The Morgan fingerprint density at radius 2 is 1.65 bits per heavy atom. The van der Waals surface area contributed by atoms with Crippen LogP contribution in [0.5, 0.6) is 0 Å². The maximum atomic E-state index is 12.2. The molecule has 0 radical (unpaired) electrons. The monoisotopic (exact) mass is 289 g/mol. The van der Waals surface area contributed by atoms with Crippen LogP contribution in [0.25, 0.3) is 0 Å². The van der Waals surface area contributed by atoms with Gasteiger partial charge in [0.25, 0.3) is 15.9 Å². The number of hydrogen-bond acceptors (Lipinski definition) is 3. The lowest BCUT2D eigenvalue weighted by Crippen LogP contribution is -2.31. The van der Waals surface area contributed by atoms with E-state index in [4.69, 9.17) is 0 Å². The molecule has 0 aromatic heterocycles. The van der Waals surface area contributed by atoms with E-state index >= 15 is 0 Å². The first kappa shape index (κ1) is 14.3. The van der Waals surface area contributed by atoms with Gasteiger partial charge in [-0.15, -0.1) is 0 Å². The van der Waals surface area contributed by atoms with Crippen molar-refractivity contribution in [1.82, 2.24) is 4.72 Å². The molecule has 0 spiro atoms. The summed E-state index contributed by atoms with van der Waals surface area (Å²) in [7, 11) is -3.85. The van der Waals surface area contributed by atoms with Crippen LogP contribution < -0.4 is 4.72 Å². The van der Waals surface area contributed by atoms with Crippen molar-refractivity contribution in [2.75, 3.05) is 0 Å². The predicted octanol–water partition coefficient (Wildman–Crippen LogP) is 2.42. The van der Waals surface area contributed by atoms with E-state index in [1.807, 2.05) is 6.92 Å². The molecule has 104 valence electrons. The molecular formula is C15H15NO3S. The summed E-state index contributed by atoms with van der Waals surface area (Å²) in [6, 6.07) is 13.2. The summed E-state index contributed by atoms with van der Waals surface area (Å²) in [4.78, 5) is 12.0. The van der Waals surface area contributed by atoms with Gasteiger partial charge in [-0.1, -0.05) is 35.9 Å². The molecule has 5 heteroatoms. The summed E-state index contributed by atoms with van der Waals surface area (Å²) in [6.07, 6.45) is 0. The summed E-state index contributed by atoms with van der Waals surface area (Å²) in [5.74, 6) is -0.634. The third-order valence-corrected chi connectivity index (χ3v) is 4.37. The third kappa shape index (κ3) is 3.05. The van der Waals surface area contributed by atoms with Crippen LogP contribution in [0.3, 0.4) is 0 Å². The Morgan fingerprint density at radius 3 is 2.25 bits per heavy atom. The zero-order valence-corrected chi connectivity index (χ0v) is 12.1. The molecule has 0 unspecified atom stereocenters. The second-order valence-electron chi connectivity index (χ2n) is 4.57. The fourth-order valence-electron chi connectivity index (χ4n) is 1.93. The SMILES string of the molecule is Cc1ccc(S(=O)(=O)NC(=O)c2ccccc2)c(C)c1. The summed E-state index contributed by atoms with van der Waals surface area (Å²) < 4.78 is 26.5. The maximum absolute atomic E-state index is 12.2. The highest BCUT2D eigenvalue weighted by Gasteiger charge is 2.20. The van der Waals surface area contributed by atoms with E-state index in [0.29, 0.717) is 11.1 Å². The van der Waals surface area contributed by atoms with E-state index in [2.05, 4.69) is 4.72 Å². The number of carbonyl (C=O) groups excluding carboxylic acids is 1. The lowest BCUT2D eigenvalue weighted by Gasteiger charge is -2.10. The van der Waals surface area contributed by atoms with E-state index in [1.54, 1.807) is 49.4 Å². The van der Waals surface area contributed by atoms with Crippen molar-refractivity contribution in [3.63, 3.8) is 0 Å². The minimum atomic E-state index is -3.85. The number of amides is 1. The van der Waals surface area contributed by atoms with Gasteiger partial charge in [-0.25, -0.2) is 13.1 Å². The first-order valence-corrected chi connectivity index (χ1v) is 7.58. The zero-order chi connectivity index (χ0) is 14.8. The molecule has 0 saturated carbocycles. The van der Waals surface area contributed by atoms with E-state index in [9.17, 15) is 13.2 Å². The Labute approximate surface area is 118 Å². The summed E-state index contributed by atoms with van der Waals surface area (Å²) in [5, 5.41) is 0. The molecule has 0 bridgehead atoms.